The number of nitrogens with one attached hydrogen (secondary N) is 1. The van der Waals surface area contributed by atoms with E-state index in [1.807, 2.05) is 0 Å². The Kier molecular flexibility index (Phi) is 9.57. The van der Waals surface area contributed by atoms with Crippen molar-refractivity contribution in [2.75, 3.05) is 14.2 Å². The van der Waals surface area contributed by atoms with E-state index < -0.39 is 0 Å². The fraction of sp³-hybridized carbons (Fsp3) is 0.714. The van der Waals surface area contributed by atoms with Gasteiger partial charge >= 0.3 is 5.97 Å². The second-order valence-corrected chi connectivity index (χ2v) is 2.06. The lowest BCUT2D eigenvalue weighted by Gasteiger charge is -2.00. The van der Waals surface area contributed by atoms with Crippen LogP contribution in [-0.4, -0.2) is 26.1 Å². The molecule has 0 aliphatic heterocycles. The number of rotatable bonds is 4. The predicted molar refractivity (Wildman–Crippen MR) is 47.9 cm³/mol. The molecule has 0 heterocycles. The van der Waals surface area contributed by atoms with Crippen molar-refractivity contribution in [3.05, 3.63) is 0 Å². The molecule has 0 aromatic carbocycles. The van der Waals surface area contributed by atoms with Crippen LogP contribution in [-0.2, 0) is 14.3 Å². The van der Waals surface area contributed by atoms with Gasteiger partial charge in [0.25, 0.3) is 0 Å². The second kappa shape index (κ2) is 8.33. The molecular weight excluding hydrogens is 182 g/mol. The maximum Gasteiger partial charge on any atom is 0.305 e. The van der Waals surface area contributed by atoms with Gasteiger partial charge in [-0.15, -0.1) is 12.4 Å². The summed E-state index contributed by atoms with van der Waals surface area (Å²) in [4.78, 5) is 10.5. The van der Waals surface area contributed by atoms with Crippen LogP contribution in [0.1, 0.15) is 19.3 Å². The average molecular weight is 196 g/mol. The lowest BCUT2D eigenvalue weighted by atomic mass is 10.2. The first kappa shape index (κ1) is 13.8. The second-order valence-electron chi connectivity index (χ2n) is 2.06. The van der Waals surface area contributed by atoms with E-state index >= 15 is 0 Å². The van der Waals surface area contributed by atoms with E-state index in [1.165, 1.54) is 14.2 Å². The molecule has 0 saturated carbocycles. The molecule has 0 aromatic rings. The normalized spacial score (nSPS) is 8.17. The molecule has 0 fully saturated rings. The van der Waals surface area contributed by atoms with Gasteiger partial charge in [-0.3, -0.25) is 10.2 Å². The predicted octanol–water partition coefficient (Wildman–Crippen LogP) is 1.38. The molecule has 0 saturated heterocycles. The van der Waals surface area contributed by atoms with Crippen LogP contribution in [0, 0.1) is 5.41 Å². The summed E-state index contributed by atoms with van der Waals surface area (Å²) >= 11 is 0. The van der Waals surface area contributed by atoms with Gasteiger partial charge in [0.05, 0.1) is 14.2 Å². The molecule has 0 rings (SSSR count). The summed E-state index contributed by atoms with van der Waals surface area (Å²) in [5.41, 5.74) is 0. The molecule has 4 nitrogen and oxygen atoms in total. The van der Waals surface area contributed by atoms with Gasteiger partial charge in [0.15, 0.2) is 5.90 Å². The Labute approximate surface area is 78.2 Å². The number of carbonyl (C=O) groups excluding carboxylic acids is 1. The van der Waals surface area contributed by atoms with Gasteiger partial charge in [-0.2, -0.15) is 0 Å². The fourth-order valence-electron chi connectivity index (χ4n) is 0.597. The first-order valence-corrected chi connectivity index (χ1v) is 3.39. The topological polar surface area (TPSA) is 59.4 Å². The largest absolute Gasteiger partial charge is 0.484 e. The van der Waals surface area contributed by atoms with Gasteiger partial charge in [-0.1, -0.05) is 0 Å². The third kappa shape index (κ3) is 7.34. The number of esters is 1. The van der Waals surface area contributed by atoms with Crippen molar-refractivity contribution in [3.63, 3.8) is 0 Å². The van der Waals surface area contributed by atoms with E-state index in [-0.39, 0.29) is 24.3 Å². The Hall–Kier alpha value is -0.770. The minimum Gasteiger partial charge on any atom is -0.484 e. The monoisotopic (exact) mass is 195 g/mol. The molecule has 0 atom stereocenters. The first-order valence-electron chi connectivity index (χ1n) is 3.39. The molecule has 1 N–H and O–H groups in total. The highest BCUT2D eigenvalue weighted by molar-refractivity contribution is 5.85. The molecular formula is C7H14ClNO3. The Morgan fingerprint density at radius 2 is 1.83 bits per heavy atom. The van der Waals surface area contributed by atoms with Gasteiger partial charge in [0.2, 0.25) is 0 Å². The van der Waals surface area contributed by atoms with Crippen molar-refractivity contribution in [1.82, 2.24) is 0 Å². The number of methoxy groups -OCH3 is 2. The van der Waals surface area contributed by atoms with Crippen molar-refractivity contribution in [3.8, 4) is 0 Å². The highest BCUT2D eigenvalue weighted by atomic mass is 35.5. The quantitative estimate of drug-likeness (QED) is 0.419. The summed E-state index contributed by atoms with van der Waals surface area (Å²) in [6, 6.07) is 0. The van der Waals surface area contributed by atoms with Crippen LogP contribution >= 0.6 is 12.4 Å². The molecule has 0 unspecified atom stereocenters. The van der Waals surface area contributed by atoms with Crippen LogP contribution in [0.3, 0.4) is 0 Å². The summed E-state index contributed by atoms with van der Waals surface area (Å²) in [6.45, 7) is 0. The average Bonchev–Trinajstić information content (AvgIpc) is 2.04. The van der Waals surface area contributed by atoms with Gasteiger partial charge in [-0.25, -0.2) is 0 Å². The first-order chi connectivity index (χ1) is 5.20. The molecule has 0 aliphatic rings. The summed E-state index contributed by atoms with van der Waals surface area (Å²) < 4.78 is 9.01. The zero-order chi connectivity index (χ0) is 8.69. The highest BCUT2D eigenvalue weighted by Crippen LogP contribution is 1.98. The van der Waals surface area contributed by atoms with E-state index in [0.29, 0.717) is 19.3 Å². The summed E-state index contributed by atoms with van der Waals surface area (Å²) in [7, 11) is 2.80. The van der Waals surface area contributed by atoms with Crippen molar-refractivity contribution in [2.45, 2.75) is 19.3 Å². The Bertz CT molecular complexity index is 134. The lowest BCUT2D eigenvalue weighted by molar-refractivity contribution is -0.140. The smallest absolute Gasteiger partial charge is 0.305 e. The zero-order valence-electron chi connectivity index (χ0n) is 7.25. The molecule has 0 radical (unpaired) electrons. The molecule has 0 amide bonds. The molecule has 72 valence electrons. The van der Waals surface area contributed by atoms with Crippen molar-refractivity contribution < 1.29 is 14.3 Å². The number of ether oxygens (including phenoxy) is 2. The number of carbonyl (C=O) groups is 1. The van der Waals surface area contributed by atoms with Crippen molar-refractivity contribution >= 4 is 24.3 Å². The molecule has 0 aromatic heterocycles. The molecule has 5 heteroatoms. The maximum absolute atomic E-state index is 10.5. The number of halogens is 1. The van der Waals surface area contributed by atoms with E-state index in [1.54, 1.807) is 0 Å². The van der Waals surface area contributed by atoms with Crippen LogP contribution in [0.25, 0.3) is 0 Å². The summed E-state index contributed by atoms with van der Waals surface area (Å²) in [6.07, 6.45) is 1.45. The van der Waals surface area contributed by atoms with Gasteiger partial charge in [0.1, 0.15) is 0 Å². The molecule has 0 aliphatic carbocycles. The highest BCUT2D eigenvalue weighted by Gasteiger charge is 2.01. The van der Waals surface area contributed by atoms with Crippen molar-refractivity contribution in [2.24, 2.45) is 0 Å². The Morgan fingerprint density at radius 3 is 2.25 bits per heavy atom. The van der Waals surface area contributed by atoms with Crippen LogP contribution in [0.2, 0.25) is 0 Å². The SMILES string of the molecule is COC(=N)CCCC(=O)OC.Cl. The standard InChI is InChI=1S/C7H13NO3.ClH/c1-10-6(8)4-3-5-7(9)11-2;/h8H,3-5H2,1-2H3;1H. The van der Waals surface area contributed by atoms with Gasteiger partial charge in [0, 0.05) is 12.8 Å². The minimum absolute atomic E-state index is 0. The summed E-state index contributed by atoms with van der Waals surface area (Å²) in [5, 5.41) is 7.06. The maximum atomic E-state index is 10.5. The number of hydrogen-bond donors (Lipinski definition) is 1. The van der Waals surface area contributed by atoms with Crippen LogP contribution in [0.5, 0.6) is 0 Å². The van der Waals surface area contributed by atoms with Crippen LogP contribution in [0.15, 0.2) is 0 Å². The van der Waals surface area contributed by atoms with Gasteiger partial charge < -0.3 is 9.47 Å². The fourth-order valence-corrected chi connectivity index (χ4v) is 0.597. The van der Waals surface area contributed by atoms with E-state index in [0.717, 1.165) is 0 Å². The van der Waals surface area contributed by atoms with Crippen LogP contribution < -0.4 is 0 Å². The minimum atomic E-state index is -0.242. The Balaban J connectivity index is 0. The van der Waals surface area contributed by atoms with E-state index in [4.69, 9.17) is 5.41 Å². The molecule has 12 heavy (non-hydrogen) atoms. The lowest BCUT2D eigenvalue weighted by Crippen LogP contribution is -2.03. The molecule has 0 bridgehead atoms. The number of hydrogen-bond acceptors (Lipinski definition) is 4. The van der Waals surface area contributed by atoms with E-state index in [9.17, 15) is 4.79 Å². The van der Waals surface area contributed by atoms with Gasteiger partial charge in [-0.05, 0) is 6.42 Å². The molecule has 0 spiro atoms. The Morgan fingerprint density at radius 1 is 1.25 bits per heavy atom. The third-order valence-electron chi connectivity index (χ3n) is 1.26. The van der Waals surface area contributed by atoms with Crippen molar-refractivity contribution in [1.29, 1.82) is 5.41 Å². The van der Waals surface area contributed by atoms with Crippen LogP contribution in [0.4, 0.5) is 0 Å². The third-order valence-corrected chi connectivity index (χ3v) is 1.26. The zero-order valence-corrected chi connectivity index (χ0v) is 8.07. The van der Waals surface area contributed by atoms with E-state index in [2.05, 4.69) is 9.47 Å². The summed E-state index contributed by atoms with van der Waals surface area (Å²) in [5.74, 6) is -0.0391.